The number of aliphatic hydroxyl groups excluding tert-OH is 1. The average molecular weight is 344 g/mol. The molecule has 1 aromatic carbocycles. The third-order valence-electron chi connectivity index (χ3n) is 4.37. The van der Waals surface area contributed by atoms with Crippen LogP contribution < -0.4 is 9.47 Å². The highest BCUT2D eigenvalue weighted by Crippen LogP contribution is 2.36. The first kappa shape index (κ1) is 16.6. The van der Waals surface area contributed by atoms with Crippen LogP contribution in [0.2, 0.25) is 0 Å². The molecule has 0 amide bonds. The molecule has 2 aromatic rings. The minimum atomic E-state index is -0.606. The van der Waals surface area contributed by atoms with Gasteiger partial charge in [-0.1, -0.05) is 0 Å². The summed E-state index contributed by atoms with van der Waals surface area (Å²) in [5.41, 5.74) is 2.94. The summed E-state index contributed by atoms with van der Waals surface area (Å²) in [6.07, 6.45) is 2.86. The Bertz CT molecular complexity index is 766. The summed E-state index contributed by atoms with van der Waals surface area (Å²) < 4.78 is 10.8. The van der Waals surface area contributed by atoms with E-state index in [0.717, 1.165) is 21.6 Å². The maximum absolute atomic E-state index is 10.8. The second-order valence-electron chi connectivity index (χ2n) is 5.77. The van der Waals surface area contributed by atoms with Crippen molar-refractivity contribution in [2.75, 3.05) is 20.8 Å². The van der Waals surface area contributed by atoms with Crippen molar-refractivity contribution in [2.24, 2.45) is 0 Å². The van der Waals surface area contributed by atoms with Crippen LogP contribution in [-0.2, 0) is 19.4 Å². The van der Waals surface area contributed by atoms with E-state index in [-0.39, 0.29) is 0 Å². The first-order valence-electron chi connectivity index (χ1n) is 7.79. The van der Waals surface area contributed by atoms with E-state index in [1.165, 1.54) is 0 Å². The number of ether oxygens (including phenoxy) is 2. The van der Waals surface area contributed by atoms with Crippen molar-refractivity contribution in [1.82, 2.24) is 4.90 Å². The van der Waals surface area contributed by atoms with E-state index >= 15 is 0 Å². The Labute approximate surface area is 145 Å². The number of nitriles is 1. The van der Waals surface area contributed by atoms with Gasteiger partial charge < -0.3 is 19.5 Å². The van der Waals surface area contributed by atoms with Crippen LogP contribution in [0, 0.1) is 11.5 Å². The Kier molecular flexibility index (Phi) is 4.93. The number of aliphatic hydroxyl groups is 1. The van der Waals surface area contributed by atoms with Crippen LogP contribution in [0.5, 0.6) is 11.5 Å². The second kappa shape index (κ2) is 7.12. The number of nitrogens with zero attached hydrogens (tertiary/aromatic N) is 2. The molecular formula is C18H20N2O3S. The normalized spacial score (nSPS) is 17.4. The van der Waals surface area contributed by atoms with Gasteiger partial charge in [-0.2, -0.15) is 5.26 Å². The number of hydrogen-bond acceptors (Lipinski definition) is 6. The van der Waals surface area contributed by atoms with E-state index in [4.69, 9.17) is 9.47 Å². The first-order chi connectivity index (χ1) is 11.7. The summed E-state index contributed by atoms with van der Waals surface area (Å²) in [5, 5.41) is 22.2. The summed E-state index contributed by atoms with van der Waals surface area (Å²) in [4.78, 5) is 2.87. The van der Waals surface area contributed by atoms with E-state index in [9.17, 15) is 10.4 Å². The Morgan fingerprint density at radius 1 is 1.25 bits per heavy atom. The second-order valence-corrected chi connectivity index (χ2v) is 6.77. The fourth-order valence-electron chi connectivity index (χ4n) is 3.06. The lowest BCUT2D eigenvalue weighted by atomic mass is 9.95. The maximum Gasteiger partial charge on any atom is 0.179 e. The highest BCUT2D eigenvalue weighted by molar-refractivity contribution is 7.10. The number of thiophene rings is 1. The van der Waals surface area contributed by atoms with Crippen molar-refractivity contribution >= 4 is 11.3 Å². The molecule has 24 heavy (non-hydrogen) atoms. The number of fused-ring (bicyclic) bond motifs is 2. The molecule has 2 heterocycles. The highest BCUT2D eigenvalue weighted by atomic mass is 32.1. The zero-order valence-electron chi connectivity index (χ0n) is 13.8. The predicted octanol–water partition coefficient (Wildman–Crippen LogP) is 2.88. The smallest absolute Gasteiger partial charge is 0.179 e. The minimum Gasteiger partial charge on any atom is -0.493 e. The summed E-state index contributed by atoms with van der Waals surface area (Å²) in [5.74, 6) is 1.25. The van der Waals surface area contributed by atoms with E-state index < -0.39 is 6.10 Å². The largest absolute Gasteiger partial charge is 0.493 e. The van der Waals surface area contributed by atoms with Crippen LogP contribution in [0.1, 0.15) is 27.7 Å². The lowest BCUT2D eigenvalue weighted by Gasteiger charge is -2.23. The molecule has 0 bridgehead atoms. The SMILES string of the molecule is COc1cc2c(cc1OC)C(O)Cc1sccc1CN(C#N)CC2. The van der Waals surface area contributed by atoms with Crippen molar-refractivity contribution in [3.8, 4) is 17.7 Å². The van der Waals surface area contributed by atoms with Gasteiger partial charge in [0, 0.05) is 17.8 Å². The Morgan fingerprint density at radius 3 is 2.71 bits per heavy atom. The summed E-state index contributed by atoms with van der Waals surface area (Å²) in [7, 11) is 3.19. The van der Waals surface area contributed by atoms with Crippen molar-refractivity contribution in [3.63, 3.8) is 0 Å². The van der Waals surface area contributed by atoms with Crippen LogP contribution >= 0.6 is 11.3 Å². The molecule has 1 aliphatic heterocycles. The van der Waals surface area contributed by atoms with Gasteiger partial charge in [-0.15, -0.1) is 11.3 Å². The molecule has 0 saturated heterocycles. The van der Waals surface area contributed by atoms with Crippen molar-refractivity contribution in [2.45, 2.75) is 25.5 Å². The van der Waals surface area contributed by atoms with E-state index in [0.29, 0.717) is 37.4 Å². The van der Waals surface area contributed by atoms with Crippen LogP contribution in [-0.4, -0.2) is 30.8 Å². The Balaban J connectivity index is 2.06. The van der Waals surface area contributed by atoms with Gasteiger partial charge in [-0.25, -0.2) is 0 Å². The molecule has 0 saturated carbocycles. The molecular weight excluding hydrogens is 324 g/mol. The van der Waals surface area contributed by atoms with Crippen LogP contribution in [0.25, 0.3) is 0 Å². The standard InChI is InChI=1S/C18H20N2O3S/c1-22-16-7-12-3-5-20(11-19)10-13-4-6-24-18(13)9-15(21)14(12)8-17(16)23-2/h4,6-8,15,21H,3,5,9-10H2,1-2H3. The van der Waals surface area contributed by atoms with Crippen molar-refractivity contribution < 1.29 is 14.6 Å². The maximum atomic E-state index is 10.8. The van der Waals surface area contributed by atoms with Gasteiger partial charge in [0.1, 0.15) is 0 Å². The molecule has 0 fully saturated rings. The molecule has 3 rings (SSSR count). The molecule has 0 aliphatic carbocycles. The minimum absolute atomic E-state index is 0.536. The fourth-order valence-corrected chi connectivity index (χ4v) is 4.00. The van der Waals surface area contributed by atoms with Gasteiger partial charge in [0.15, 0.2) is 17.7 Å². The lowest BCUT2D eigenvalue weighted by molar-refractivity contribution is 0.176. The molecule has 1 aliphatic rings. The molecule has 1 N–H and O–H groups in total. The Hall–Kier alpha value is -2.23. The zero-order chi connectivity index (χ0) is 17.1. The molecule has 1 unspecified atom stereocenters. The lowest BCUT2D eigenvalue weighted by Crippen LogP contribution is -2.22. The van der Waals surface area contributed by atoms with Crippen molar-refractivity contribution in [1.29, 1.82) is 5.26 Å². The molecule has 1 aromatic heterocycles. The van der Waals surface area contributed by atoms with Crippen LogP contribution in [0.4, 0.5) is 0 Å². The van der Waals surface area contributed by atoms with Gasteiger partial charge in [-0.3, -0.25) is 0 Å². The molecule has 0 spiro atoms. The number of methoxy groups -OCH3 is 2. The van der Waals surface area contributed by atoms with Crippen LogP contribution in [0.15, 0.2) is 23.6 Å². The van der Waals surface area contributed by atoms with Crippen LogP contribution in [0.3, 0.4) is 0 Å². The van der Waals surface area contributed by atoms with Gasteiger partial charge in [0.25, 0.3) is 0 Å². The first-order valence-corrected chi connectivity index (χ1v) is 8.67. The number of hydrogen-bond donors (Lipinski definition) is 1. The fraction of sp³-hybridized carbons (Fsp3) is 0.389. The molecule has 126 valence electrons. The summed E-state index contributed by atoms with van der Waals surface area (Å²) in [6.45, 7) is 1.19. The monoisotopic (exact) mass is 344 g/mol. The summed E-state index contributed by atoms with van der Waals surface area (Å²) in [6, 6.07) is 5.79. The highest BCUT2D eigenvalue weighted by Gasteiger charge is 2.22. The molecule has 1 atom stereocenters. The quantitative estimate of drug-likeness (QED) is 0.849. The molecule has 5 nitrogen and oxygen atoms in total. The zero-order valence-corrected chi connectivity index (χ0v) is 14.6. The van der Waals surface area contributed by atoms with E-state index in [1.807, 2.05) is 23.6 Å². The average Bonchev–Trinajstić information content (AvgIpc) is 3.03. The van der Waals surface area contributed by atoms with E-state index in [2.05, 4.69) is 6.19 Å². The third kappa shape index (κ3) is 3.18. The van der Waals surface area contributed by atoms with Gasteiger partial charge in [0.05, 0.1) is 26.9 Å². The van der Waals surface area contributed by atoms with Crippen molar-refractivity contribution in [3.05, 3.63) is 45.1 Å². The Morgan fingerprint density at radius 2 is 2.00 bits per heavy atom. The van der Waals surface area contributed by atoms with Gasteiger partial charge in [-0.05, 0) is 46.7 Å². The van der Waals surface area contributed by atoms with Gasteiger partial charge in [0.2, 0.25) is 0 Å². The predicted molar refractivity (Wildman–Crippen MR) is 92.3 cm³/mol. The third-order valence-corrected chi connectivity index (χ3v) is 5.36. The van der Waals surface area contributed by atoms with E-state index in [1.54, 1.807) is 30.5 Å². The number of benzene rings is 1. The number of rotatable bonds is 2. The topological polar surface area (TPSA) is 65.7 Å². The molecule has 0 radical (unpaired) electrons. The van der Waals surface area contributed by atoms with Gasteiger partial charge >= 0.3 is 0 Å². The summed E-state index contributed by atoms with van der Waals surface area (Å²) >= 11 is 1.62. The molecule has 6 heteroatoms.